The lowest BCUT2D eigenvalue weighted by Gasteiger charge is -2.08. The number of nitrogens with zero attached hydrogens (tertiary/aromatic N) is 1. The maximum absolute atomic E-state index is 10.4. The second-order valence-electron chi connectivity index (χ2n) is 2.26. The Morgan fingerprint density at radius 1 is 1.25 bits per heavy atom. The van der Waals surface area contributed by atoms with Crippen molar-refractivity contribution < 1.29 is 14.4 Å². The Balaban J connectivity index is 3.62. The predicted molar refractivity (Wildman–Crippen MR) is 43.8 cm³/mol. The van der Waals surface area contributed by atoms with Crippen LogP contribution in [0.5, 0.6) is 0 Å². The van der Waals surface area contributed by atoms with Gasteiger partial charge in [0.15, 0.2) is 0 Å². The summed E-state index contributed by atoms with van der Waals surface area (Å²) < 4.78 is 9.86. The van der Waals surface area contributed by atoms with Crippen LogP contribution in [0.1, 0.15) is 13.8 Å². The van der Waals surface area contributed by atoms with Crippen LogP contribution in [-0.4, -0.2) is 37.4 Å². The molecular formula is C7H15NO4. The van der Waals surface area contributed by atoms with E-state index < -0.39 is 6.04 Å². The van der Waals surface area contributed by atoms with Gasteiger partial charge in [0, 0.05) is 18.1 Å². The van der Waals surface area contributed by atoms with Gasteiger partial charge < -0.3 is 9.47 Å². The molecule has 0 rings (SSSR count). The van der Waals surface area contributed by atoms with Crippen LogP contribution in [0.3, 0.4) is 0 Å². The van der Waals surface area contributed by atoms with E-state index in [-0.39, 0.29) is 18.1 Å². The van der Waals surface area contributed by atoms with Crippen molar-refractivity contribution in [3.63, 3.8) is 0 Å². The van der Waals surface area contributed by atoms with Gasteiger partial charge in [0.05, 0.1) is 0 Å². The third-order valence-electron chi connectivity index (χ3n) is 1.33. The summed E-state index contributed by atoms with van der Waals surface area (Å²) in [6, 6.07) is -0.732. The Labute approximate surface area is 71.8 Å². The number of ether oxygens (including phenoxy) is 2. The SMILES string of the molecule is CCOCC(COCC)[N+](=O)[O-]. The molecule has 0 aliphatic rings. The van der Waals surface area contributed by atoms with Crippen molar-refractivity contribution in [3.05, 3.63) is 10.1 Å². The minimum atomic E-state index is -0.732. The highest BCUT2D eigenvalue weighted by molar-refractivity contribution is 4.52. The van der Waals surface area contributed by atoms with Gasteiger partial charge in [-0.25, -0.2) is 0 Å². The molecule has 0 saturated carbocycles. The monoisotopic (exact) mass is 177 g/mol. The molecule has 0 spiro atoms. The second kappa shape index (κ2) is 7.00. The number of hydrogen-bond acceptors (Lipinski definition) is 4. The summed E-state index contributed by atoms with van der Waals surface area (Å²) in [4.78, 5) is 9.99. The molecule has 5 nitrogen and oxygen atoms in total. The summed E-state index contributed by atoms with van der Waals surface area (Å²) in [6.07, 6.45) is 0. The van der Waals surface area contributed by atoms with Gasteiger partial charge in [-0.1, -0.05) is 0 Å². The first kappa shape index (κ1) is 11.3. The summed E-state index contributed by atoms with van der Waals surface area (Å²) in [5.74, 6) is 0. The Kier molecular flexibility index (Phi) is 6.60. The number of nitro groups is 1. The standard InChI is InChI=1S/C7H15NO4/c1-3-11-5-7(8(9)10)6-12-4-2/h7H,3-6H2,1-2H3. The predicted octanol–water partition coefficient (Wildman–Crippen LogP) is 0.705. The molecular weight excluding hydrogens is 162 g/mol. The van der Waals surface area contributed by atoms with E-state index in [0.717, 1.165) is 0 Å². The average molecular weight is 177 g/mol. The Morgan fingerprint density at radius 3 is 1.92 bits per heavy atom. The van der Waals surface area contributed by atoms with Crippen LogP contribution in [0.2, 0.25) is 0 Å². The Bertz CT molecular complexity index is 121. The minimum Gasteiger partial charge on any atom is -0.374 e. The highest BCUT2D eigenvalue weighted by Gasteiger charge is 2.19. The molecule has 0 heterocycles. The van der Waals surface area contributed by atoms with Crippen LogP contribution >= 0.6 is 0 Å². The van der Waals surface area contributed by atoms with Gasteiger partial charge in [-0.05, 0) is 13.8 Å². The van der Waals surface area contributed by atoms with Crippen molar-refractivity contribution in [1.82, 2.24) is 0 Å². The number of hydrogen-bond donors (Lipinski definition) is 0. The van der Waals surface area contributed by atoms with E-state index in [9.17, 15) is 10.1 Å². The number of rotatable bonds is 7. The zero-order chi connectivity index (χ0) is 9.40. The summed E-state index contributed by atoms with van der Waals surface area (Å²) >= 11 is 0. The molecule has 5 heteroatoms. The molecule has 0 bridgehead atoms. The lowest BCUT2D eigenvalue weighted by Crippen LogP contribution is -2.30. The zero-order valence-electron chi connectivity index (χ0n) is 7.49. The van der Waals surface area contributed by atoms with E-state index >= 15 is 0 Å². The Hall–Kier alpha value is -0.680. The third kappa shape index (κ3) is 5.03. The minimum absolute atomic E-state index is 0.128. The molecule has 0 aliphatic carbocycles. The van der Waals surface area contributed by atoms with Crippen molar-refractivity contribution in [2.75, 3.05) is 26.4 Å². The fraction of sp³-hybridized carbons (Fsp3) is 1.00. The van der Waals surface area contributed by atoms with E-state index in [4.69, 9.17) is 9.47 Å². The molecule has 0 aromatic carbocycles. The van der Waals surface area contributed by atoms with E-state index in [1.807, 2.05) is 0 Å². The fourth-order valence-corrected chi connectivity index (χ4v) is 0.678. The highest BCUT2D eigenvalue weighted by Crippen LogP contribution is 1.93. The molecule has 0 fully saturated rings. The van der Waals surface area contributed by atoms with Crippen molar-refractivity contribution in [1.29, 1.82) is 0 Å². The van der Waals surface area contributed by atoms with Crippen LogP contribution < -0.4 is 0 Å². The van der Waals surface area contributed by atoms with Crippen LogP contribution in [0.4, 0.5) is 0 Å². The van der Waals surface area contributed by atoms with E-state index in [1.165, 1.54) is 0 Å². The van der Waals surface area contributed by atoms with E-state index in [1.54, 1.807) is 13.8 Å². The third-order valence-corrected chi connectivity index (χ3v) is 1.33. The molecule has 0 aromatic heterocycles. The van der Waals surface area contributed by atoms with Crippen LogP contribution in [0, 0.1) is 10.1 Å². The molecule has 0 amide bonds. The molecule has 12 heavy (non-hydrogen) atoms. The summed E-state index contributed by atoms with van der Waals surface area (Å²) in [5.41, 5.74) is 0. The molecule has 0 N–H and O–H groups in total. The molecule has 0 atom stereocenters. The van der Waals surface area contributed by atoms with Crippen molar-refractivity contribution in [3.8, 4) is 0 Å². The van der Waals surface area contributed by atoms with Crippen LogP contribution in [-0.2, 0) is 9.47 Å². The Morgan fingerprint density at radius 2 is 1.67 bits per heavy atom. The molecule has 0 aliphatic heterocycles. The van der Waals surface area contributed by atoms with Crippen molar-refractivity contribution in [2.24, 2.45) is 0 Å². The van der Waals surface area contributed by atoms with E-state index in [0.29, 0.717) is 13.2 Å². The van der Waals surface area contributed by atoms with Gasteiger partial charge in [-0.2, -0.15) is 0 Å². The maximum atomic E-state index is 10.4. The summed E-state index contributed by atoms with van der Waals surface area (Å²) in [7, 11) is 0. The smallest absolute Gasteiger partial charge is 0.258 e. The van der Waals surface area contributed by atoms with Crippen LogP contribution in [0.25, 0.3) is 0 Å². The molecule has 0 unspecified atom stereocenters. The van der Waals surface area contributed by atoms with E-state index in [2.05, 4.69) is 0 Å². The first-order valence-electron chi connectivity index (χ1n) is 4.01. The molecule has 0 saturated heterocycles. The zero-order valence-corrected chi connectivity index (χ0v) is 7.49. The topological polar surface area (TPSA) is 61.6 Å². The first-order valence-corrected chi connectivity index (χ1v) is 4.01. The lowest BCUT2D eigenvalue weighted by atomic mass is 10.3. The average Bonchev–Trinajstić information content (AvgIpc) is 2.04. The normalized spacial score (nSPS) is 10.6. The largest absolute Gasteiger partial charge is 0.374 e. The summed E-state index contributed by atoms with van der Waals surface area (Å²) in [5, 5.41) is 10.4. The van der Waals surface area contributed by atoms with Gasteiger partial charge in [-0.15, -0.1) is 0 Å². The van der Waals surface area contributed by atoms with Gasteiger partial charge in [-0.3, -0.25) is 10.1 Å². The van der Waals surface area contributed by atoms with Gasteiger partial charge in [0.1, 0.15) is 13.2 Å². The van der Waals surface area contributed by atoms with Crippen LogP contribution in [0.15, 0.2) is 0 Å². The lowest BCUT2D eigenvalue weighted by molar-refractivity contribution is -0.530. The molecule has 0 aromatic rings. The molecule has 0 radical (unpaired) electrons. The maximum Gasteiger partial charge on any atom is 0.258 e. The van der Waals surface area contributed by atoms with Gasteiger partial charge in [0.25, 0.3) is 6.04 Å². The molecule has 72 valence electrons. The quantitative estimate of drug-likeness (QED) is 0.424. The van der Waals surface area contributed by atoms with Gasteiger partial charge in [0.2, 0.25) is 0 Å². The van der Waals surface area contributed by atoms with Crippen molar-refractivity contribution in [2.45, 2.75) is 19.9 Å². The second-order valence-corrected chi connectivity index (χ2v) is 2.26. The first-order chi connectivity index (χ1) is 5.72. The van der Waals surface area contributed by atoms with Gasteiger partial charge >= 0.3 is 0 Å². The van der Waals surface area contributed by atoms with Crippen molar-refractivity contribution >= 4 is 0 Å². The fourth-order valence-electron chi connectivity index (χ4n) is 0.678. The highest BCUT2D eigenvalue weighted by atomic mass is 16.6. The summed E-state index contributed by atoms with van der Waals surface area (Å²) in [6.45, 7) is 4.86.